The van der Waals surface area contributed by atoms with Gasteiger partial charge in [-0.1, -0.05) is 0 Å². The van der Waals surface area contributed by atoms with Crippen LogP contribution < -0.4 is 0 Å². The molecule has 0 rings (SSSR count). The van der Waals surface area contributed by atoms with Crippen molar-refractivity contribution in [2.45, 2.75) is 65.2 Å². The summed E-state index contributed by atoms with van der Waals surface area (Å²) >= 11 is 0. The zero-order valence-electron chi connectivity index (χ0n) is 11.6. The average molecular weight is 232 g/mol. The van der Waals surface area contributed by atoms with E-state index in [0.29, 0.717) is 0 Å². The van der Waals surface area contributed by atoms with Gasteiger partial charge in [0, 0.05) is 0 Å². The molecular weight excluding hydrogens is 199 g/mol. The van der Waals surface area contributed by atoms with E-state index in [4.69, 9.17) is 0 Å². The molecule has 0 nitrogen and oxygen atoms in total. The van der Waals surface area contributed by atoms with Crippen LogP contribution in [0.1, 0.15) is 65.2 Å². The van der Waals surface area contributed by atoms with Gasteiger partial charge in [0.2, 0.25) is 0 Å². The number of unbranched alkanes of at least 4 members (excludes halogenated alkanes) is 6. The molecule has 1 heteroatoms. The first-order valence-corrected chi connectivity index (χ1v) is 10.5. The van der Waals surface area contributed by atoms with Crippen molar-refractivity contribution in [1.29, 1.82) is 0 Å². The molecule has 0 amide bonds. The predicted molar refractivity (Wildman–Crippen MR) is 78.2 cm³/mol. The molecular formula is C14H33P. The van der Waals surface area contributed by atoms with E-state index in [1.54, 1.807) is 12.3 Å². The summed E-state index contributed by atoms with van der Waals surface area (Å²) in [6.07, 6.45) is 14.7. The quantitative estimate of drug-likeness (QED) is 0.360. The Morgan fingerprint density at radius 3 is 1.33 bits per heavy atom. The van der Waals surface area contributed by atoms with Crippen LogP contribution in [0.4, 0.5) is 0 Å². The van der Waals surface area contributed by atoms with E-state index in [9.17, 15) is 0 Å². The Kier molecular flexibility index (Phi) is 9.92. The molecule has 0 atom stereocenters. The number of hydrogen-bond donors (Lipinski definition) is 0. The normalized spacial score (nSPS) is 13.1. The summed E-state index contributed by atoms with van der Waals surface area (Å²) in [7, 11) is -0.803. The van der Waals surface area contributed by atoms with Crippen molar-refractivity contribution in [1.82, 2.24) is 0 Å². The van der Waals surface area contributed by atoms with Crippen LogP contribution in [0.25, 0.3) is 0 Å². The van der Waals surface area contributed by atoms with Gasteiger partial charge in [-0.05, 0) is 0 Å². The number of rotatable bonds is 10. The van der Waals surface area contributed by atoms with Crippen LogP contribution in [0.5, 0.6) is 0 Å². The van der Waals surface area contributed by atoms with E-state index in [2.05, 4.69) is 27.2 Å². The summed E-state index contributed by atoms with van der Waals surface area (Å²) in [5.41, 5.74) is 0. The van der Waals surface area contributed by atoms with Gasteiger partial charge >= 0.3 is 98.1 Å². The van der Waals surface area contributed by atoms with Gasteiger partial charge in [-0.15, -0.1) is 0 Å². The van der Waals surface area contributed by atoms with Crippen LogP contribution in [0.2, 0.25) is 0 Å². The van der Waals surface area contributed by atoms with E-state index in [0.717, 1.165) is 0 Å². The van der Waals surface area contributed by atoms with E-state index in [1.807, 2.05) is 0 Å². The van der Waals surface area contributed by atoms with Crippen LogP contribution in [-0.2, 0) is 0 Å². The van der Waals surface area contributed by atoms with E-state index in [-0.39, 0.29) is 0 Å². The van der Waals surface area contributed by atoms with Crippen molar-refractivity contribution in [3.63, 3.8) is 0 Å². The minimum atomic E-state index is -0.803. The van der Waals surface area contributed by atoms with Gasteiger partial charge in [-0.2, -0.15) is 0 Å². The minimum absolute atomic E-state index is 0.803. The first-order valence-electron chi connectivity index (χ1n) is 7.12. The average Bonchev–Trinajstić information content (AvgIpc) is 2.20. The van der Waals surface area contributed by atoms with Crippen molar-refractivity contribution in [2.75, 3.05) is 25.7 Å². The Morgan fingerprint density at radius 2 is 1.00 bits per heavy atom. The van der Waals surface area contributed by atoms with Crippen molar-refractivity contribution in [2.24, 2.45) is 0 Å². The van der Waals surface area contributed by atoms with Gasteiger partial charge in [0.15, 0.2) is 0 Å². The molecule has 0 N–H and O–H groups in total. The molecule has 0 aromatic carbocycles. The zero-order valence-corrected chi connectivity index (χ0v) is 12.6. The second-order valence-corrected chi connectivity index (χ2v) is 11.1. The van der Waals surface area contributed by atoms with Crippen LogP contribution in [0.15, 0.2) is 0 Å². The first-order chi connectivity index (χ1) is 7.12. The predicted octanol–water partition coefficient (Wildman–Crippen LogP) is 5.16. The Morgan fingerprint density at radius 1 is 0.600 bits per heavy atom. The summed E-state index contributed by atoms with van der Waals surface area (Å²) in [5, 5.41) is 0. The van der Waals surface area contributed by atoms with E-state index >= 15 is 0 Å². The molecule has 0 aromatic heterocycles. The molecule has 0 aliphatic carbocycles. The monoisotopic (exact) mass is 232 g/mol. The zero-order chi connectivity index (χ0) is 11.6. The summed E-state index contributed by atoms with van der Waals surface area (Å²) < 4.78 is 0. The van der Waals surface area contributed by atoms with E-state index < -0.39 is 7.26 Å². The molecule has 0 bridgehead atoms. The van der Waals surface area contributed by atoms with Gasteiger partial charge in [0.05, 0.1) is 0 Å². The van der Waals surface area contributed by atoms with Crippen molar-refractivity contribution in [3.8, 4) is 0 Å². The van der Waals surface area contributed by atoms with Gasteiger partial charge < -0.3 is 0 Å². The molecule has 0 unspecified atom stereocenters. The Labute approximate surface area is 98.6 Å². The molecule has 94 valence electrons. The third kappa shape index (κ3) is 10.7. The maximum absolute atomic E-state index is 2.59. The summed E-state index contributed by atoms with van der Waals surface area (Å²) in [6, 6.07) is 0. The van der Waals surface area contributed by atoms with Gasteiger partial charge in [0.25, 0.3) is 0 Å². The Bertz CT molecular complexity index is 115. The third-order valence-corrected chi connectivity index (χ3v) is 6.83. The van der Waals surface area contributed by atoms with Crippen molar-refractivity contribution < 1.29 is 0 Å². The topological polar surface area (TPSA) is 0 Å². The van der Waals surface area contributed by atoms with Crippen LogP contribution >= 0.6 is 7.26 Å². The number of hydrogen-bond acceptors (Lipinski definition) is 0. The fourth-order valence-corrected chi connectivity index (χ4v) is 4.85. The first kappa shape index (κ1) is 15.4. The standard InChI is InChI=1S/C14H33P/c1-5-7-9-11-13-15(3,4)14-12-10-8-6-2/h15H,5-14H2,1-4H3. The Balaban J connectivity index is 3.40. The molecule has 0 aliphatic rings. The summed E-state index contributed by atoms with van der Waals surface area (Å²) in [5.74, 6) is 0. The summed E-state index contributed by atoms with van der Waals surface area (Å²) in [6.45, 7) is 9.77. The SMILES string of the molecule is CCCCCC[PH](C)(C)CCCCCC. The van der Waals surface area contributed by atoms with E-state index in [1.165, 1.54) is 51.4 Å². The molecule has 0 aromatic rings. The van der Waals surface area contributed by atoms with Crippen LogP contribution in [0, 0.1) is 0 Å². The second-order valence-electron chi connectivity index (χ2n) is 5.79. The molecule has 0 saturated carbocycles. The molecule has 0 heterocycles. The van der Waals surface area contributed by atoms with Crippen molar-refractivity contribution in [3.05, 3.63) is 0 Å². The molecule has 0 fully saturated rings. The third-order valence-electron chi connectivity index (χ3n) is 3.41. The van der Waals surface area contributed by atoms with Crippen LogP contribution in [0.3, 0.4) is 0 Å². The molecule has 0 radical (unpaired) electrons. The molecule has 0 aliphatic heterocycles. The van der Waals surface area contributed by atoms with Gasteiger partial charge in [-0.25, -0.2) is 0 Å². The van der Waals surface area contributed by atoms with Crippen LogP contribution in [-0.4, -0.2) is 25.7 Å². The Hall–Kier alpha value is 0.430. The molecule has 0 spiro atoms. The maximum atomic E-state index is 2.59. The van der Waals surface area contributed by atoms with Gasteiger partial charge in [0.1, 0.15) is 0 Å². The second kappa shape index (κ2) is 9.64. The fraction of sp³-hybridized carbons (Fsp3) is 1.00. The molecule has 15 heavy (non-hydrogen) atoms. The fourth-order valence-electron chi connectivity index (χ4n) is 2.19. The molecule has 0 saturated heterocycles. The van der Waals surface area contributed by atoms with Gasteiger partial charge in [-0.3, -0.25) is 0 Å². The van der Waals surface area contributed by atoms with Crippen molar-refractivity contribution >= 4 is 7.26 Å². The summed E-state index contributed by atoms with van der Waals surface area (Å²) in [4.78, 5) is 0.